The zero-order chi connectivity index (χ0) is 14.4. The van der Waals surface area contributed by atoms with E-state index >= 15 is 0 Å². The molecule has 0 radical (unpaired) electrons. The van der Waals surface area contributed by atoms with Crippen LogP contribution in [0.1, 0.15) is 24.3 Å². The Hall–Kier alpha value is -1.94. The van der Waals surface area contributed by atoms with Crippen LogP contribution in [0.3, 0.4) is 0 Å². The van der Waals surface area contributed by atoms with Gasteiger partial charge in [0.25, 0.3) is 0 Å². The second kappa shape index (κ2) is 7.01. The van der Waals surface area contributed by atoms with Crippen LogP contribution in [0.15, 0.2) is 46.7 Å². The predicted octanol–water partition coefficient (Wildman–Crippen LogP) is 2.24. The number of hydrogen-bond acceptors (Lipinski definition) is 4. The number of likely N-dealkylation sites (N-methyl/N-ethyl adjacent to an activating group) is 1. The topological polar surface area (TPSA) is 61.7 Å². The lowest BCUT2D eigenvalue weighted by Crippen LogP contribution is -2.19. The molecule has 0 amide bonds. The van der Waals surface area contributed by atoms with E-state index < -0.39 is 0 Å². The van der Waals surface area contributed by atoms with Crippen molar-refractivity contribution in [3.63, 3.8) is 0 Å². The molecule has 1 atom stereocenters. The highest BCUT2D eigenvalue weighted by atomic mass is 16.3. The molecule has 0 heterocycles. The number of allylic oxidation sites excluding steroid dienone is 2. The van der Waals surface area contributed by atoms with Crippen LogP contribution in [0.4, 0.5) is 0 Å². The molecule has 4 nitrogen and oxygen atoms in total. The van der Waals surface area contributed by atoms with E-state index in [0.717, 1.165) is 12.1 Å². The van der Waals surface area contributed by atoms with Gasteiger partial charge in [0.05, 0.1) is 12.1 Å². The van der Waals surface area contributed by atoms with Gasteiger partial charge in [0, 0.05) is 25.6 Å². The van der Waals surface area contributed by atoms with Gasteiger partial charge in [-0.05, 0) is 18.5 Å². The summed E-state index contributed by atoms with van der Waals surface area (Å²) in [5.41, 5.74) is 1.46. The van der Waals surface area contributed by atoms with Gasteiger partial charge < -0.3 is 10.4 Å². The molecule has 1 aliphatic carbocycles. The summed E-state index contributed by atoms with van der Waals surface area (Å²) in [7, 11) is 1.85. The van der Waals surface area contributed by atoms with E-state index in [1.807, 2.05) is 37.4 Å². The number of ketones is 1. The molecule has 0 spiro atoms. The molecule has 1 aliphatic rings. The van der Waals surface area contributed by atoms with Gasteiger partial charge in [-0.15, -0.1) is 0 Å². The van der Waals surface area contributed by atoms with E-state index in [9.17, 15) is 9.90 Å². The third kappa shape index (κ3) is 3.54. The van der Waals surface area contributed by atoms with Gasteiger partial charge in [0.1, 0.15) is 5.76 Å². The second-order valence-electron chi connectivity index (χ2n) is 4.94. The summed E-state index contributed by atoms with van der Waals surface area (Å²) in [6, 6.07) is 9.85. The molecular formula is C16H20N2O2. The van der Waals surface area contributed by atoms with Crippen LogP contribution in [-0.2, 0) is 4.79 Å². The summed E-state index contributed by atoms with van der Waals surface area (Å²) in [6.45, 7) is 1.36. The molecular weight excluding hydrogens is 252 g/mol. The summed E-state index contributed by atoms with van der Waals surface area (Å²) >= 11 is 0. The van der Waals surface area contributed by atoms with Gasteiger partial charge in [-0.3, -0.25) is 9.79 Å². The SMILES string of the molecule is CNCCN=CC1=C(O)CC(c2ccccc2)CC1=O. The average Bonchev–Trinajstić information content (AvgIpc) is 2.46. The molecule has 106 valence electrons. The highest BCUT2D eigenvalue weighted by Gasteiger charge is 2.27. The quantitative estimate of drug-likeness (QED) is 0.638. The molecule has 1 aromatic rings. The lowest BCUT2D eigenvalue weighted by Gasteiger charge is -2.22. The van der Waals surface area contributed by atoms with Crippen LogP contribution >= 0.6 is 0 Å². The van der Waals surface area contributed by atoms with Crippen LogP contribution in [0, 0.1) is 0 Å². The minimum Gasteiger partial charge on any atom is -0.511 e. The maximum absolute atomic E-state index is 12.1. The standard InChI is InChI=1S/C16H20N2O2/c1-17-7-8-18-11-14-15(19)9-13(10-16(14)20)12-5-3-2-4-6-12/h2-6,11,13,17,19H,7-10H2,1H3. The van der Waals surface area contributed by atoms with Crippen molar-refractivity contribution in [3.8, 4) is 0 Å². The van der Waals surface area contributed by atoms with Gasteiger partial charge >= 0.3 is 0 Å². The Morgan fingerprint density at radius 2 is 2.10 bits per heavy atom. The van der Waals surface area contributed by atoms with Crippen molar-refractivity contribution in [2.75, 3.05) is 20.1 Å². The fourth-order valence-electron chi connectivity index (χ4n) is 2.35. The van der Waals surface area contributed by atoms with E-state index in [1.165, 1.54) is 6.21 Å². The largest absolute Gasteiger partial charge is 0.511 e. The smallest absolute Gasteiger partial charge is 0.168 e. The number of nitrogens with zero attached hydrogens (tertiary/aromatic N) is 1. The summed E-state index contributed by atoms with van der Waals surface area (Å²) in [5, 5.41) is 13.1. The first-order chi connectivity index (χ1) is 9.72. The molecule has 0 aliphatic heterocycles. The van der Waals surface area contributed by atoms with E-state index in [1.54, 1.807) is 0 Å². The number of carbonyl (C=O) groups is 1. The average molecular weight is 272 g/mol. The minimum atomic E-state index is -0.0317. The lowest BCUT2D eigenvalue weighted by atomic mass is 9.83. The van der Waals surface area contributed by atoms with Gasteiger partial charge in [-0.25, -0.2) is 0 Å². The van der Waals surface area contributed by atoms with Crippen LogP contribution in [-0.4, -0.2) is 37.2 Å². The second-order valence-corrected chi connectivity index (χ2v) is 4.94. The number of rotatable bonds is 5. The Kier molecular flexibility index (Phi) is 5.07. The molecule has 20 heavy (non-hydrogen) atoms. The minimum absolute atomic E-state index is 0.0317. The Balaban J connectivity index is 2.09. The number of aliphatic imine (C=N–C) groups is 1. The zero-order valence-electron chi connectivity index (χ0n) is 11.7. The van der Waals surface area contributed by atoms with Crippen molar-refractivity contribution in [3.05, 3.63) is 47.2 Å². The van der Waals surface area contributed by atoms with Crippen molar-refractivity contribution in [2.45, 2.75) is 18.8 Å². The Labute approximate surface area is 119 Å². The van der Waals surface area contributed by atoms with Gasteiger partial charge in [-0.2, -0.15) is 0 Å². The van der Waals surface area contributed by atoms with E-state index in [2.05, 4.69) is 10.3 Å². The summed E-state index contributed by atoms with van der Waals surface area (Å²) in [5.74, 6) is 0.192. The Bertz CT molecular complexity index is 521. The first-order valence-electron chi connectivity index (χ1n) is 6.87. The number of benzene rings is 1. The number of aliphatic hydroxyl groups is 1. The van der Waals surface area contributed by atoms with Crippen molar-refractivity contribution in [1.82, 2.24) is 5.32 Å². The Morgan fingerprint density at radius 3 is 2.75 bits per heavy atom. The fraction of sp³-hybridized carbons (Fsp3) is 0.375. The van der Waals surface area contributed by atoms with Crippen LogP contribution in [0.2, 0.25) is 0 Å². The summed E-state index contributed by atoms with van der Waals surface area (Å²) in [4.78, 5) is 16.3. The molecule has 2 rings (SSSR count). The Morgan fingerprint density at radius 1 is 1.35 bits per heavy atom. The molecule has 0 saturated carbocycles. The molecule has 0 fully saturated rings. The van der Waals surface area contributed by atoms with E-state index in [0.29, 0.717) is 25.0 Å². The maximum atomic E-state index is 12.1. The number of Topliss-reactive ketones (excluding diaryl/α,β-unsaturated/α-hetero) is 1. The molecule has 4 heteroatoms. The maximum Gasteiger partial charge on any atom is 0.168 e. The predicted molar refractivity (Wildman–Crippen MR) is 80.4 cm³/mol. The highest BCUT2D eigenvalue weighted by molar-refractivity contribution is 6.14. The van der Waals surface area contributed by atoms with Crippen molar-refractivity contribution in [1.29, 1.82) is 0 Å². The van der Waals surface area contributed by atoms with Crippen LogP contribution in [0.25, 0.3) is 0 Å². The van der Waals surface area contributed by atoms with E-state index in [-0.39, 0.29) is 17.5 Å². The highest BCUT2D eigenvalue weighted by Crippen LogP contribution is 2.32. The van der Waals surface area contributed by atoms with Gasteiger partial charge in [-0.1, -0.05) is 30.3 Å². The van der Waals surface area contributed by atoms with Crippen molar-refractivity contribution < 1.29 is 9.90 Å². The van der Waals surface area contributed by atoms with Crippen LogP contribution in [0.5, 0.6) is 0 Å². The van der Waals surface area contributed by atoms with Gasteiger partial charge in [0.2, 0.25) is 0 Å². The number of aliphatic hydroxyl groups excluding tert-OH is 1. The first-order valence-corrected chi connectivity index (χ1v) is 6.87. The molecule has 1 unspecified atom stereocenters. The van der Waals surface area contributed by atoms with Crippen molar-refractivity contribution in [2.24, 2.45) is 4.99 Å². The molecule has 1 aromatic carbocycles. The third-order valence-corrected chi connectivity index (χ3v) is 3.47. The summed E-state index contributed by atoms with van der Waals surface area (Å²) < 4.78 is 0. The molecule has 0 saturated heterocycles. The van der Waals surface area contributed by atoms with Crippen LogP contribution < -0.4 is 5.32 Å². The zero-order valence-corrected chi connectivity index (χ0v) is 11.7. The number of nitrogens with one attached hydrogen (secondary N) is 1. The lowest BCUT2D eigenvalue weighted by molar-refractivity contribution is -0.116. The monoisotopic (exact) mass is 272 g/mol. The van der Waals surface area contributed by atoms with Crippen molar-refractivity contribution >= 4 is 12.0 Å². The number of carbonyl (C=O) groups excluding carboxylic acids is 1. The van der Waals surface area contributed by atoms with E-state index in [4.69, 9.17) is 0 Å². The molecule has 0 aromatic heterocycles. The fourth-order valence-corrected chi connectivity index (χ4v) is 2.35. The first kappa shape index (κ1) is 14.5. The number of hydrogen-bond donors (Lipinski definition) is 2. The normalized spacial score (nSPS) is 19.9. The third-order valence-electron chi connectivity index (χ3n) is 3.47. The van der Waals surface area contributed by atoms with Gasteiger partial charge in [0.15, 0.2) is 5.78 Å². The summed E-state index contributed by atoms with van der Waals surface area (Å²) in [6.07, 6.45) is 2.45. The molecule has 2 N–H and O–H groups in total. The molecule has 0 bridgehead atoms.